The topological polar surface area (TPSA) is 40.5 Å². The van der Waals surface area contributed by atoms with E-state index >= 15 is 0 Å². The Kier molecular flexibility index (Phi) is 7.25. The summed E-state index contributed by atoms with van der Waals surface area (Å²) >= 11 is 0. The van der Waals surface area contributed by atoms with Crippen LogP contribution >= 0.6 is 0 Å². The molecule has 16 heavy (non-hydrogen) atoms. The van der Waals surface area contributed by atoms with Gasteiger partial charge in [-0.25, -0.2) is 0 Å². The quantitative estimate of drug-likeness (QED) is 0.672. The molecule has 0 aromatic rings. The first-order valence-corrected chi connectivity index (χ1v) is 6.76. The van der Waals surface area contributed by atoms with E-state index in [0.717, 1.165) is 25.7 Å². The fourth-order valence-corrected chi connectivity index (χ4v) is 3.36. The summed E-state index contributed by atoms with van der Waals surface area (Å²) in [5.41, 5.74) is 0.186. The van der Waals surface area contributed by atoms with Crippen LogP contribution in [0.25, 0.3) is 0 Å². The Bertz CT molecular complexity index is 174. The highest BCUT2D eigenvalue weighted by atomic mass is 16.3. The number of aliphatic hydroxyl groups is 2. The van der Waals surface area contributed by atoms with E-state index in [0.29, 0.717) is 11.8 Å². The smallest absolute Gasteiger partial charge is 0.0776 e. The average Bonchev–Trinajstić information content (AvgIpc) is 2.27. The van der Waals surface area contributed by atoms with E-state index in [1.807, 2.05) is 0 Å². The fourth-order valence-electron chi connectivity index (χ4n) is 3.36. The van der Waals surface area contributed by atoms with Gasteiger partial charge >= 0.3 is 0 Å². The van der Waals surface area contributed by atoms with Gasteiger partial charge in [0.15, 0.2) is 0 Å². The molecule has 0 amide bonds. The summed E-state index contributed by atoms with van der Waals surface area (Å²) < 4.78 is 0. The third-order valence-corrected chi connectivity index (χ3v) is 4.29. The van der Waals surface area contributed by atoms with Crippen molar-refractivity contribution < 1.29 is 10.2 Å². The fraction of sp³-hybridized carbons (Fsp3) is 1.00. The van der Waals surface area contributed by atoms with Crippen molar-refractivity contribution in [1.82, 2.24) is 0 Å². The van der Waals surface area contributed by atoms with Crippen LogP contribution in [0.3, 0.4) is 0 Å². The molecule has 0 aliphatic rings. The molecule has 0 rings (SSSR count). The van der Waals surface area contributed by atoms with Crippen molar-refractivity contribution in [2.24, 2.45) is 17.3 Å². The summed E-state index contributed by atoms with van der Waals surface area (Å²) in [6, 6.07) is 0. The average molecular weight is 230 g/mol. The van der Waals surface area contributed by atoms with Crippen LogP contribution in [-0.2, 0) is 0 Å². The first-order valence-electron chi connectivity index (χ1n) is 6.76. The van der Waals surface area contributed by atoms with E-state index in [1.54, 1.807) is 0 Å². The Morgan fingerprint density at radius 1 is 1.06 bits per heavy atom. The van der Waals surface area contributed by atoms with Gasteiger partial charge in [0.2, 0.25) is 0 Å². The zero-order valence-corrected chi connectivity index (χ0v) is 11.7. The molecule has 0 radical (unpaired) electrons. The molecule has 0 aromatic carbocycles. The normalized spacial score (nSPS) is 16.5. The van der Waals surface area contributed by atoms with Crippen LogP contribution in [0, 0.1) is 17.3 Å². The Morgan fingerprint density at radius 3 is 1.81 bits per heavy atom. The van der Waals surface area contributed by atoms with E-state index < -0.39 is 6.10 Å². The minimum Gasteiger partial charge on any atom is -0.394 e. The van der Waals surface area contributed by atoms with Gasteiger partial charge in [0, 0.05) is 0 Å². The first-order chi connectivity index (χ1) is 7.47. The lowest BCUT2D eigenvalue weighted by Gasteiger charge is -2.43. The number of hydrogen-bond acceptors (Lipinski definition) is 2. The van der Waals surface area contributed by atoms with Crippen LogP contribution in [0.1, 0.15) is 60.3 Å². The Labute approximate surface area is 101 Å². The zero-order valence-electron chi connectivity index (χ0n) is 11.7. The van der Waals surface area contributed by atoms with E-state index in [2.05, 4.69) is 34.6 Å². The molecule has 2 N–H and O–H groups in total. The Balaban J connectivity index is 4.89. The standard InChI is InChI=1S/C14H30O2/c1-6-13(11(4)5)14(7-2,8-3)9-12(16)10-15/h11-13,15-16H,6-10H2,1-5H3. The molecule has 98 valence electrons. The van der Waals surface area contributed by atoms with Crippen LogP contribution in [-0.4, -0.2) is 22.9 Å². The molecule has 2 heteroatoms. The minimum absolute atomic E-state index is 0.115. The summed E-state index contributed by atoms with van der Waals surface area (Å²) in [6.45, 7) is 11.1. The lowest BCUT2D eigenvalue weighted by atomic mass is 9.63. The largest absolute Gasteiger partial charge is 0.394 e. The summed E-state index contributed by atoms with van der Waals surface area (Å²) in [7, 11) is 0. The summed E-state index contributed by atoms with van der Waals surface area (Å²) in [4.78, 5) is 0. The third-order valence-electron chi connectivity index (χ3n) is 4.29. The van der Waals surface area contributed by atoms with E-state index in [4.69, 9.17) is 5.11 Å². The van der Waals surface area contributed by atoms with Gasteiger partial charge in [-0.3, -0.25) is 0 Å². The predicted molar refractivity (Wildman–Crippen MR) is 69.3 cm³/mol. The second-order valence-electron chi connectivity index (χ2n) is 5.37. The van der Waals surface area contributed by atoms with Crippen molar-refractivity contribution in [2.75, 3.05) is 6.61 Å². The van der Waals surface area contributed by atoms with Crippen LogP contribution in [0.2, 0.25) is 0 Å². The van der Waals surface area contributed by atoms with Crippen molar-refractivity contribution in [3.63, 3.8) is 0 Å². The molecule has 2 unspecified atom stereocenters. The number of hydrogen-bond donors (Lipinski definition) is 2. The molecule has 0 fully saturated rings. The predicted octanol–water partition coefficient (Wildman–Crippen LogP) is 3.22. The van der Waals surface area contributed by atoms with Gasteiger partial charge < -0.3 is 10.2 Å². The molecule has 0 saturated carbocycles. The summed E-state index contributed by atoms with van der Waals surface area (Å²) in [5.74, 6) is 1.26. The van der Waals surface area contributed by atoms with E-state index in [-0.39, 0.29) is 12.0 Å². The van der Waals surface area contributed by atoms with Crippen LogP contribution < -0.4 is 0 Å². The van der Waals surface area contributed by atoms with Crippen molar-refractivity contribution in [1.29, 1.82) is 0 Å². The van der Waals surface area contributed by atoms with Crippen LogP contribution in [0.15, 0.2) is 0 Å². The highest BCUT2D eigenvalue weighted by Crippen LogP contribution is 2.45. The molecule has 0 spiro atoms. The van der Waals surface area contributed by atoms with Crippen molar-refractivity contribution in [3.8, 4) is 0 Å². The van der Waals surface area contributed by atoms with E-state index in [9.17, 15) is 5.11 Å². The lowest BCUT2D eigenvalue weighted by molar-refractivity contribution is 0.000889. The number of aliphatic hydroxyl groups excluding tert-OH is 2. The van der Waals surface area contributed by atoms with Crippen LogP contribution in [0.5, 0.6) is 0 Å². The second-order valence-corrected chi connectivity index (χ2v) is 5.37. The zero-order chi connectivity index (χ0) is 12.8. The van der Waals surface area contributed by atoms with Gasteiger partial charge in [-0.15, -0.1) is 0 Å². The van der Waals surface area contributed by atoms with Gasteiger partial charge in [-0.2, -0.15) is 0 Å². The molecule has 0 aliphatic heterocycles. The van der Waals surface area contributed by atoms with Crippen molar-refractivity contribution in [3.05, 3.63) is 0 Å². The number of rotatable bonds is 8. The molecule has 0 bridgehead atoms. The third kappa shape index (κ3) is 3.74. The maximum Gasteiger partial charge on any atom is 0.0776 e. The highest BCUT2D eigenvalue weighted by Gasteiger charge is 2.37. The molecule has 2 atom stereocenters. The van der Waals surface area contributed by atoms with Gasteiger partial charge in [-0.1, -0.05) is 53.9 Å². The lowest BCUT2D eigenvalue weighted by Crippen LogP contribution is -2.37. The molecule has 0 aromatic heterocycles. The molecular formula is C14H30O2. The monoisotopic (exact) mass is 230 g/mol. The SMILES string of the molecule is CCC(C(C)C)C(CC)(CC)CC(O)CO. The van der Waals surface area contributed by atoms with Gasteiger partial charge in [0.25, 0.3) is 0 Å². The highest BCUT2D eigenvalue weighted by molar-refractivity contribution is 4.87. The summed E-state index contributed by atoms with van der Waals surface area (Å²) in [5, 5.41) is 18.8. The molecule has 0 saturated heterocycles. The summed E-state index contributed by atoms with van der Waals surface area (Å²) in [6.07, 6.45) is 3.48. The van der Waals surface area contributed by atoms with Gasteiger partial charge in [-0.05, 0) is 23.7 Å². The molecule has 0 heterocycles. The molecule has 0 aliphatic carbocycles. The van der Waals surface area contributed by atoms with E-state index in [1.165, 1.54) is 0 Å². The Hall–Kier alpha value is -0.0800. The van der Waals surface area contributed by atoms with Gasteiger partial charge in [0.05, 0.1) is 12.7 Å². The maximum absolute atomic E-state index is 9.73. The molecular weight excluding hydrogens is 200 g/mol. The van der Waals surface area contributed by atoms with Crippen molar-refractivity contribution >= 4 is 0 Å². The maximum atomic E-state index is 9.73. The Morgan fingerprint density at radius 2 is 1.56 bits per heavy atom. The van der Waals surface area contributed by atoms with Crippen LogP contribution in [0.4, 0.5) is 0 Å². The van der Waals surface area contributed by atoms with Gasteiger partial charge in [0.1, 0.15) is 0 Å². The first kappa shape index (κ1) is 15.9. The molecule has 2 nitrogen and oxygen atoms in total. The van der Waals surface area contributed by atoms with Crippen molar-refractivity contribution in [2.45, 2.75) is 66.4 Å². The second kappa shape index (κ2) is 7.29. The minimum atomic E-state index is -0.562.